The van der Waals surface area contributed by atoms with Gasteiger partial charge in [0.2, 0.25) is 0 Å². The van der Waals surface area contributed by atoms with Gasteiger partial charge in [-0.3, -0.25) is 0 Å². The van der Waals surface area contributed by atoms with Gasteiger partial charge in [0.25, 0.3) is 0 Å². The topological polar surface area (TPSA) is 49.7 Å². The molecule has 0 aromatic rings. The summed E-state index contributed by atoms with van der Waals surface area (Å²) in [7, 11) is 0. The second kappa shape index (κ2) is 8.92. The Morgan fingerprint density at radius 1 is 1.25 bits per heavy atom. The number of hydrogen-bond donors (Lipinski definition) is 2. The van der Waals surface area contributed by atoms with Gasteiger partial charge >= 0.3 is 0 Å². The fourth-order valence-corrected chi connectivity index (χ4v) is 0. The Hall–Kier alpha value is 1.13. The van der Waals surface area contributed by atoms with Crippen LogP contribution in [0.25, 0.3) is 0 Å². The van der Waals surface area contributed by atoms with Crippen molar-refractivity contribution in [2.24, 2.45) is 0 Å². The minimum absolute atomic E-state index is 0. The summed E-state index contributed by atoms with van der Waals surface area (Å²) in [5.41, 5.74) is 0. The zero-order valence-electron chi connectivity index (χ0n) is 1.59. The molecule has 0 amide bonds. The monoisotopic (exact) mass is 216 g/mol. The summed E-state index contributed by atoms with van der Waals surface area (Å²) >= 11 is 0. The van der Waals surface area contributed by atoms with E-state index in [1.165, 1.54) is 0 Å². The molecule has 0 spiro atoms. The molecule has 0 aliphatic carbocycles. The second-order valence-electron chi connectivity index (χ2n) is 0.0816. The van der Waals surface area contributed by atoms with Crippen molar-refractivity contribution >= 4 is 0 Å². The van der Waals surface area contributed by atoms with Crippen molar-refractivity contribution in [2.45, 2.75) is 0 Å². The SMILES string of the molecule is OOO.[Er]. The third kappa shape index (κ3) is 11.1. The molecule has 4 heavy (non-hydrogen) atoms. The van der Waals surface area contributed by atoms with Gasteiger partial charge in [-0.2, -0.15) is 0 Å². The molecule has 0 aromatic heterocycles. The first-order valence-electron chi connectivity index (χ1n) is 0.365. The zero-order valence-corrected chi connectivity index (χ0v) is 3.44. The third-order valence-corrected chi connectivity index (χ3v) is 0. The quantitative estimate of drug-likeness (QED) is 0.442. The Kier molecular flexibility index (Phi) is 19.9. The van der Waals surface area contributed by atoms with Gasteiger partial charge in [-0.05, 0) is 0 Å². The van der Waals surface area contributed by atoms with Crippen molar-refractivity contribution in [3.05, 3.63) is 0 Å². The van der Waals surface area contributed by atoms with Gasteiger partial charge in [0.05, 0.1) is 0 Å². The minimum atomic E-state index is 0. The largest absolute Gasteiger partial charge is 0.221 e. The number of rotatable bonds is 0. The Bertz CT molecular complexity index is 3.25. The van der Waals surface area contributed by atoms with E-state index in [2.05, 4.69) is 5.04 Å². The summed E-state index contributed by atoms with van der Waals surface area (Å²) < 4.78 is 0. The first kappa shape index (κ1) is 8.93. The summed E-state index contributed by atoms with van der Waals surface area (Å²) in [6.45, 7) is 0. The molecule has 0 aliphatic heterocycles. The van der Waals surface area contributed by atoms with Crippen LogP contribution in [-0.2, 0) is 5.04 Å². The van der Waals surface area contributed by atoms with Crippen LogP contribution < -0.4 is 0 Å². The first-order valence-corrected chi connectivity index (χ1v) is 0.365. The minimum Gasteiger partial charge on any atom is -0.221 e. The molecule has 0 saturated carbocycles. The van der Waals surface area contributed by atoms with Crippen molar-refractivity contribution in [1.82, 2.24) is 0 Å². The van der Waals surface area contributed by atoms with Gasteiger partial charge in [-0.1, -0.05) is 5.04 Å². The maximum Gasteiger partial charge on any atom is 0 e. The van der Waals surface area contributed by atoms with E-state index >= 15 is 0 Å². The molecule has 0 rings (SSSR count). The van der Waals surface area contributed by atoms with Crippen molar-refractivity contribution in [1.29, 1.82) is 0 Å². The van der Waals surface area contributed by atoms with E-state index in [4.69, 9.17) is 10.5 Å². The zero-order chi connectivity index (χ0) is 2.71. The van der Waals surface area contributed by atoms with Gasteiger partial charge in [0.1, 0.15) is 0 Å². The van der Waals surface area contributed by atoms with E-state index in [0.29, 0.717) is 0 Å². The average Bonchev–Trinajstić information content (AvgIpc) is 0.918. The molecule has 0 aliphatic rings. The van der Waals surface area contributed by atoms with Gasteiger partial charge < -0.3 is 0 Å². The Morgan fingerprint density at radius 3 is 1.25 bits per heavy atom. The second-order valence-corrected chi connectivity index (χ2v) is 0.0816. The summed E-state index contributed by atoms with van der Waals surface area (Å²) in [4.78, 5) is 0. The molecule has 32 valence electrons. The smallest absolute Gasteiger partial charge is 0 e. The summed E-state index contributed by atoms with van der Waals surface area (Å²) in [5.74, 6) is 0. The fourth-order valence-electron chi connectivity index (χ4n) is 0. The van der Waals surface area contributed by atoms with Crippen LogP contribution in [-0.4, -0.2) is 10.5 Å². The van der Waals surface area contributed by atoms with Crippen LogP contribution in [0.5, 0.6) is 0 Å². The summed E-state index contributed by atoms with van der Waals surface area (Å²) in [6.07, 6.45) is 0. The van der Waals surface area contributed by atoms with Crippen molar-refractivity contribution in [3.8, 4) is 0 Å². The summed E-state index contributed by atoms with van der Waals surface area (Å²) in [6, 6.07) is 0. The van der Waals surface area contributed by atoms with E-state index < -0.39 is 0 Å². The molecular weight excluding hydrogens is 215 g/mol. The van der Waals surface area contributed by atoms with Crippen LogP contribution in [0.2, 0.25) is 0 Å². The summed E-state index contributed by atoms with van der Waals surface area (Å²) in [5, 5.41) is 15.5. The Labute approximate surface area is 52.6 Å². The van der Waals surface area contributed by atoms with E-state index in [-0.39, 0.29) is 37.3 Å². The predicted octanol–water partition coefficient (Wildman–Crippen LogP) is -0.0510. The average molecular weight is 217 g/mol. The molecule has 0 heterocycles. The normalized spacial score (nSPS) is 4.50. The van der Waals surface area contributed by atoms with E-state index in [0.717, 1.165) is 0 Å². The van der Waals surface area contributed by atoms with Crippen LogP contribution >= 0.6 is 0 Å². The van der Waals surface area contributed by atoms with E-state index in [1.807, 2.05) is 0 Å². The number of hydrogen-bond acceptors (Lipinski definition) is 3. The molecule has 3 nitrogen and oxygen atoms in total. The van der Waals surface area contributed by atoms with Crippen molar-refractivity contribution in [2.75, 3.05) is 0 Å². The molecule has 0 saturated heterocycles. The molecule has 0 atom stereocenters. The fraction of sp³-hybridized carbons (Fsp3) is 0. The Balaban J connectivity index is 0. The van der Waals surface area contributed by atoms with E-state index in [9.17, 15) is 0 Å². The molecular formula is H2ErO3. The molecule has 2 N–H and O–H groups in total. The third-order valence-electron chi connectivity index (χ3n) is 0. The van der Waals surface area contributed by atoms with Crippen LogP contribution in [0.15, 0.2) is 0 Å². The molecule has 0 bridgehead atoms. The van der Waals surface area contributed by atoms with Crippen LogP contribution in [0, 0.1) is 37.3 Å². The molecule has 0 radical (unpaired) electrons. The van der Waals surface area contributed by atoms with Gasteiger partial charge in [0.15, 0.2) is 0 Å². The van der Waals surface area contributed by atoms with Crippen LogP contribution in [0.3, 0.4) is 0 Å². The molecule has 4 heteroatoms. The molecule has 0 fully saturated rings. The van der Waals surface area contributed by atoms with E-state index in [1.54, 1.807) is 0 Å². The van der Waals surface area contributed by atoms with Crippen molar-refractivity contribution in [3.63, 3.8) is 0 Å². The first-order chi connectivity index (χ1) is 1.41. The van der Waals surface area contributed by atoms with Gasteiger partial charge in [0, 0.05) is 37.3 Å². The van der Waals surface area contributed by atoms with Crippen molar-refractivity contribution < 1.29 is 52.9 Å². The van der Waals surface area contributed by atoms with Crippen LogP contribution in [0.1, 0.15) is 0 Å². The molecule has 0 aromatic carbocycles. The maximum absolute atomic E-state index is 6.62. The maximum atomic E-state index is 6.62. The van der Waals surface area contributed by atoms with Crippen LogP contribution in [0.4, 0.5) is 0 Å². The van der Waals surface area contributed by atoms with Gasteiger partial charge in [-0.25, -0.2) is 10.5 Å². The predicted molar refractivity (Wildman–Crippen MR) is 6.34 cm³/mol. The van der Waals surface area contributed by atoms with Gasteiger partial charge in [-0.15, -0.1) is 0 Å². The molecule has 0 unspecified atom stereocenters. The standard InChI is InChI=1S/Er.H2O3/c;1-3-2/h;1-2H. The Morgan fingerprint density at radius 2 is 1.25 bits per heavy atom.